The Bertz CT molecular complexity index is 1090. The number of aliphatic hydroxyl groups excluding tert-OH is 2. The molecule has 1 saturated heterocycles. The first-order valence-electron chi connectivity index (χ1n) is 9.90. The van der Waals surface area contributed by atoms with Crippen LogP contribution in [0.15, 0.2) is 35.2 Å². The van der Waals surface area contributed by atoms with Gasteiger partial charge in [0, 0.05) is 36.5 Å². The predicted octanol–water partition coefficient (Wildman–Crippen LogP) is 3.52. The summed E-state index contributed by atoms with van der Waals surface area (Å²) in [6.45, 7) is 3.70. The maximum atomic E-state index is 14.5. The van der Waals surface area contributed by atoms with Crippen molar-refractivity contribution < 1.29 is 36.2 Å². The van der Waals surface area contributed by atoms with Gasteiger partial charge in [0.15, 0.2) is 23.7 Å². The number of halogens is 4. The summed E-state index contributed by atoms with van der Waals surface area (Å²) in [6.07, 6.45) is -1.85. The molecular weight excluding hydrogens is 452 g/mol. The Kier molecular flexibility index (Phi) is 6.85. The average molecular weight is 476 g/mol. The molecule has 3 rings (SSSR count). The van der Waals surface area contributed by atoms with Crippen LogP contribution in [0.5, 0.6) is 0 Å². The van der Waals surface area contributed by atoms with E-state index in [1.165, 1.54) is 0 Å². The third-order valence-electron chi connectivity index (χ3n) is 5.74. The van der Waals surface area contributed by atoms with Crippen LogP contribution in [0.4, 0.5) is 23.2 Å². The molecule has 3 N–H and O–H groups in total. The van der Waals surface area contributed by atoms with Crippen molar-refractivity contribution in [3.05, 3.63) is 59.2 Å². The molecule has 2 atom stereocenters. The second kappa shape index (κ2) is 8.97. The molecule has 2 aromatic rings. The normalized spacial score (nSPS) is 20.6. The van der Waals surface area contributed by atoms with Gasteiger partial charge in [0.2, 0.25) is 10.0 Å². The van der Waals surface area contributed by atoms with Crippen LogP contribution in [0.3, 0.4) is 0 Å². The molecule has 176 valence electrons. The van der Waals surface area contributed by atoms with E-state index in [0.29, 0.717) is 18.6 Å². The molecule has 2 aromatic carbocycles. The number of anilines is 1. The Morgan fingerprint density at radius 1 is 1.06 bits per heavy atom. The minimum atomic E-state index is -4.30. The minimum absolute atomic E-state index is 0.00840. The zero-order valence-corrected chi connectivity index (χ0v) is 18.3. The zero-order valence-electron chi connectivity index (χ0n) is 17.4. The van der Waals surface area contributed by atoms with E-state index in [1.807, 2.05) is 13.8 Å². The number of rotatable bonds is 5. The number of hydrogen-bond donors (Lipinski definition) is 3. The molecule has 0 saturated carbocycles. The van der Waals surface area contributed by atoms with Crippen LogP contribution in [0, 0.1) is 28.7 Å². The van der Waals surface area contributed by atoms with Gasteiger partial charge in [-0.05, 0) is 30.4 Å². The van der Waals surface area contributed by atoms with Crippen LogP contribution < -0.4 is 5.32 Å². The van der Waals surface area contributed by atoms with E-state index >= 15 is 0 Å². The highest BCUT2D eigenvalue weighted by Gasteiger charge is 2.36. The van der Waals surface area contributed by atoms with Gasteiger partial charge in [-0.25, -0.2) is 26.0 Å². The van der Waals surface area contributed by atoms with Crippen LogP contribution in [-0.2, 0) is 10.0 Å². The van der Waals surface area contributed by atoms with E-state index in [-0.39, 0.29) is 30.8 Å². The number of hydrogen-bond acceptors (Lipinski definition) is 5. The third kappa shape index (κ3) is 4.90. The van der Waals surface area contributed by atoms with E-state index in [4.69, 9.17) is 0 Å². The minimum Gasteiger partial charge on any atom is -0.393 e. The molecule has 0 radical (unpaired) electrons. The van der Waals surface area contributed by atoms with Gasteiger partial charge in [0.25, 0.3) is 0 Å². The lowest BCUT2D eigenvalue weighted by Gasteiger charge is -2.27. The van der Waals surface area contributed by atoms with Gasteiger partial charge >= 0.3 is 0 Å². The quantitative estimate of drug-likeness (QED) is 0.349. The molecule has 1 fully saturated rings. The van der Waals surface area contributed by atoms with Crippen molar-refractivity contribution in [2.45, 2.75) is 43.9 Å². The summed E-state index contributed by atoms with van der Waals surface area (Å²) in [7, 11) is -4.30. The molecule has 1 aliphatic heterocycles. The monoisotopic (exact) mass is 476 g/mol. The average Bonchev–Trinajstić information content (AvgIpc) is 2.84. The van der Waals surface area contributed by atoms with Crippen molar-refractivity contribution in [1.82, 2.24) is 4.31 Å². The van der Waals surface area contributed by atoms with Crippen molar-refractivity contribution >= 4 is 15.7 Å². The molecule has 6 nitrogen and oxygen atoms in total. The third-order valence-corrected chi connectivity index (χ3v) is 7.65. The molecule has 0 aromatic heterocycles. The molecule has 1 heterocycles. The summed E-state index contributed by atoms with van der Waals surface area (Å²) in [4.78, 5) is -0.679. The van der Waals surface area contributed by atoms with Crippen molar-refractivity contribution in [3.8, 4) is 0 Å². The SMILES string of the molecule is CC1(C)CCN(S(=O)(=O)c2cc(C(O)Nc3cc(F)c(F)c(F)c3)ccc2F)CCC1O. The summed E-state index contributed by atoms with van der Waals surface area (Å²) >= 11 is 0. The van der Waals surface area contributed by atoms with Crippen molar-refractivity contribution in [2.24, 2.45) is 5.41 Å². The molecule has 1 aliphatic rings. The molecule has 0 amide bonds. The topological polar surface area (TPSA) is 89.9 Å². The number of nitrogens with one attached hydrogen (secondary N) is 1. The summed E-state index contributed by atoms with van der Waals surface area (Å²) < 4.78 is 81.7. The van der Waals surface area contributed by atoms with Crippen LogP contribution >= 0.6 is 0 Å². The van der Waals surface area contributed by atoms with Crippen molar-refractivity contribution in [1.29, 1.82) is 0 Å². The molecule has 32 heavy (non-hydrogen) atoms. The summed E-state index contributed by atoms with van der Waals surface area (Å²) in [5.41, 5.74) is -0.901. The van der Waals surface area contributed by atoms with Crippen LogP contribution in [0.2, 0.25) is 0 Å². The fourth-order valence-corrected chi connectivity index (χ4v) is 5.05. The number of aliphatic hydroxyl groups is 2. The Balaban J connectivity index is 1.88. The highest BCUT2D eigenvalue weighted by atomic mass is 32.2. The van der Waals surface area contributed by atoms with Crippen molar-refractivity contribution in [2.75, 3.05) is 18.4 Å². The zero-order chi connectivity index (χ0) is 23.8. The molecule has 0 bridgehead atoms. The van der Waals surface area contributed by atoms with Gasteiger partial charge in [-0.15, -0.1) is 0 Å². The molecule has 11 heteroatoms. The maximum absolute atomic E-state index is 14.5. The Labute approximate surface area is 183 Å². The summed E-state index contributed by atoms with van der Waals surface area (Å²) in [5, 5.41) is 22.9. The van der Waals surface area contributed by atoms with Crippen LogP contribution in [-0.4, -0.2) is 42.1 Å². The second-order valence-corrected chi connectivity index (χ2v) is 10.3. The van der Waals surface area contributed by atoms with Gasteiger partial charge in [-0.2, -0.15) is 4.31 Å². The Hall–Kier alpha value is -2.21. The molecule has 0 aliphatic carbocycles. The van der Waals surface area contributed by atoms with Crippen LogP contribution in [0.1, 0.15) is 38.5 Å². The highest BCUT2D eigenvalue weighted by molar-refractivity contribution is 7.89. The van der Waals surface area contributed by atoms with Gasteiger partial charge in [-0.1, -0.05) is 19.9 Å². The molecule has 2 unspecified atom stereocenters. The number of sulfonamides is 1. The molecular formula is C21H24F4N2O4S. The number of nitrogens with zero attached hydrogens (tertiary/aromatic N) is 1. The van der Waals surface area contributed by atoms with Gasteiger partial charge in [0.1, 0.15) is 10.7 Å². The van der Waals surface area contributed by atoms with E-state index < -0.39 is 55.9 Å². The van der Waals surface area contributed by atoms with E-state index in [9.17, 15) is 36.2 Å². The lowest BCUT2D eigenvalue weighted by atomic mass is 9.83. The Morgan fingerprint density at radius 2 is 1.69 bits per heavy atom. The fraction of sp³-hybridized carbons (Fsp3) is 0.429. The van der Waals surface area contributed by atoms with E-state index in [0.717, 1.165) is 22.5 Å². The van der Waals surface area contributed by atoms with E-state index in [1.54, 1.807) is 0 Å². The summed E-state index contributed by atoms with van der Waals surface area (Å²) in [6, 6.07) is 4.12. The van der Waals surface area contributed by atoms with Gasteiger partial charge in [-0.3, -0.25) is 0 Å². The second-order valence-electron chi connectivity index (χ2n) is 8.44. The van der Waals surface area contributed by atoms with Gasteiger partial charge in [0.05, 0.1) is 6.10 Å². The lowest BCUT2D eigenvalue weighted by Crippen LogP contribution is -2.33. The predicted molar refractivity (Wildman–Crippen MR) is 109 cm³/mol. The summed E-state index contributed by atoms with van der Waals surface area (Å²) in [5.74, 6) is -5.67. The first-order chi connectivity index (χ1) is 14.8. The highest BCUT2D eigenvalue weighted by Crippen LogP contribution is 2.33. The first-order valence-corrected chi connectivity index (χ1v) is 11.3. The fourth-order valence-electron chi connectivity index (χ4n) is 3.50. The maximum Gasteiger partial charge on any atom is 0.245 e. The van der Waals surface area contributed by atoms with Crippen molar-refractivity contribution in [3.63, 3.8) is 0 Å². The van der Waals surface area contributed by atoms with Crippen LogP contribution in [0.25, 0.3) is 0 Å². The standard InChI is InChI=1S/C21H24F4N2O4S/c1-21(2)6-8-27(7-5-18(21)28)32(30,31)17-9-12(3-4-14(17)22)20(29)26-13-10-15(23)19(25)16(24)11-13/h3-4,9-11,18,20,26,28-29H,5-8H2,1-2H3. The largest absolute Gasteiger partial charge is 0.393 e. The van der Waals surface area contributed by atoms with E-state index in [2.05, 4.69) is 5.32 Å². The van der Waals surface area contributed by atoms with Gasteiger partial charge < -0.3 is 15.5 Å². The smallest absolute Gasteiger partial charge is 0.245 e. The first kappa shape index (κ1) is 24.4. The Morgan fingerprint density at radius 3 is 2.31 bits per heavy atom. The lowest BCUT2D eigenvalue weighted by molar-refractivity contribution is 0.0483. The molecule has 0 spiro atoms. The number of benzene rings is 2.